The van der Waals surface area contributed by atoms with Crippen molar-refractivity contribution in [1.82, 2.24) is 25.4 Å². The van der Waals surface area contributed by atoms with Gasteiger partial charge >= 0.3 is 0 Å². The minimum atomic E-state index is 0. The molecule has 0 spiro atoms. The van der Waals surface area contributed by atoms with Gasteiger partial charge in [-0.25, -0.2) is 9.67 Å². The molecule has 2 heterocycles. The molecule has 3 aromatic rings. The lowest BCUT2D eigenvalue weighted by atomic mass is 10.2. The lowest BCUT2D eigenvalue weighted by Gasteiger charge is -2.22. The molecule has 0 bridgehead atoms. The molecule has 31 heavy (non-hydrogen) atoms. The zero-order valence-corrected chi connectivity index (χ0v) is 20.1. The summed E-state index contributed by atoms with van der Waals surface area (Å²) in [4.78, 5) is 10.7. The number of rotatable bonds is 6. The van der Waals surface area contributed by atoms with E-state index in [-0.39, 0.29) is 24.0 Å². The second kappa shape index (κ2) is 11.0. The van der Waals surface area contributed by atoms with Crippen molar-refractivity contribution in [2.24, 2.45) is 4.99 Å². The summed E-state index contributed by atoms with van der Waals surface area (Å²) in [6.45, 7) is 2.59. The Bertz CT molecular complexity index is 976. The van der Waals surface area contributed by atoms with Crippen LogP contribution in [0.2, 0.25) is 0 Å². The first-order valence-corrected chi connectivity index (χ1v) is 10.1. The molecule has 2 N–H and O–H groups in total. The molecular formula is C22H28IN7O. The van der Waals surface area contributed by atoms with Gasteiger partial charge in [-0.3, -0.25) is 4.99 Å². The summed E-state index contributed by atoms with van der Waals surface area (Å²) in [5.74, 6) is 1.72. The zero-order valence-electron chi connectivity index (χ0n) is 17.7. The molecule has 2 aromatic carbocycles. The molecule has 1 saturated heterocycles. The van der Waals surface area contributed by atoms with E-state index in [0.717, 1.165) is 42.6 Å². The first-order valence-electron chi connectivity index (χ1n) is 10.1. The van der Waals surface area contributed by atoms with E-state index in [0.29, 0.717) is 12.6 Å². The molecule has 0 amide bonds. The number of halogens is 1. The normalized spacial score (nSPS) is 16.0. The maximum absolute atomic E-state index is 5.51. The second-order valence-corrected chi connectivity index (χ2v) is 7.18. The number of benzene rings is 2. The Hall–Kier alpha value is -2.82. The minimum Gasteiger partial charge on any atom is -0.495 e. The van der Waals surface area contributed by atoms with E-state index in [2.05, 4.69) is 48.8 Å². The first-order chi connectivity index (χ1) is 14.8. The average Bonchev–Trinajstić information content (AvgIpc) is 3.49. The highest BCUT2D eigenvalue weighted by Crippen LogP contribution is 2.30. The van der Waals surface area contributed by atoms with E-state index >= 15 is 0 Å². The highest BCUT2D eigenvalue weighted by Gasteiger charge is 2.25. The third kappa shape index (κ3) is 5.66. The molecule has 9 heteroatoms. The molecule has 8 nitrogen and oxygen atoms in total. The number of anilines is 1. The summed E-state index contributed by atoms with van der Waals surface area (Å²) in [6, 6.07) is 16.7. The Kier molecular flexibility index (Phi) is 8.10. The Morgan fingerprint density at radius 3 is 2.71 bits per heavy atom. The van der Waals surface area contributed by atoms with Gasteiger partial charge in [-0.1, -0.05) is 24.3 Å². The standard InChI is InChI=1S/C22H27N7O.HI/c1-23-22(25-13-17-7-9-19(10-8-17)29-16-24-15-26-29)27-18-11-12-28(14-18)20-5-3-4-6-21(20)30-2;/h3-10,15-16,18H,11-14H2,1-2H3,(H2,23,25,27);1H. The maximum Gasteiger partial charge on any atom is 0.191 e. The summed E-state index contributed by atoms with van der Waals surface area (Å²) < 4.78 is 7.25. The van der Waals surface area contributed by atoms with Gasteiger partial charge in [0, 0.05) is 32.7 Å². The Morgan fingerprint density at radius 2 is 2.00 bits per heavy atom. The van der Waals surface area contributed by atoms with Crippen LogP contribution in [-0.4, -0.2) is 54.0 Å². The average molecular weight is 533 g/mol. The molecule has 1 aromatic heterocycles. The van der Waals surface area contributed by atoms with Gasteiger partial charge in [-0.05, 0) is 36.2 Å². The van der Waals surface area contributed by atoms with Crippen LogP contribution in [0.15, 0.2) is 66.2 Å². The SMILES string of the molecule is CN=C(NCc1ccc(-n2cncn2)cc1)NC1CCN(c2ccccc2OC)C1.I. The molecule has 1 aliphatic heterocycles. The van der Waals surface area contributed by atoms with Gasteiger partial charge in [0.1, 0.15) is 18.4 Å². The van der Waals surface area contributed by atoms with Crippen LogP contribution in [0.5, 0.6) is 5.75 Å². The highest BCUT2D eigenvalue weighted by atomic mass is 127. The van der Waals surface area contributed by atoms with Gasteiger partial charge in [-0.2, -0.15) is 5.10 Å². The van der Waals surface area contributed by atoms with E-state index < -0.39 is 0 Å². The van der Waals surface area contributed by atoms with Gasteiger partial charge in [0.05, 0.1) is 18.5 Å². The maximum atomic E-state index is 5.51. The minimum absolute atomic E-state index is 0. The van der Waals surface area contributed by atoms with E-state index in [4.69, 9.17) is 4.74 Å². The van der Waals surface area contributed by atoms with Gasteiger partial charge in [-0.15, -0.1) is 24.0 Å². The molecule has 0 aliphatic carbocycles. The van der Waals surface area contributed by atoms with E-state index in [9.17, 15) is 0 Å². The molecule has 4 rings (SSSR count). The number of nitrogens with one attached hydrogen (secondary N) is 2. The lowest BCUT2D eigenvalue weighted by molar-refractivity contribution is 0.415. The third-order valence-electron chi connectivity index (χ3n) is 5.26. The summed E-state index contributed by atoms with van der Waals surface area (Å²) in [5.41, 5.74) is 3.30. The highest BCUT2D eigenvalue weighted by molar-refractivity contribution is 14.0. The lowest BCUT2D eigenvalue weighted by Crippen LogP contribution is -2.44. The van der Waals surface area contributed by atoms with E-state index in [1.807, 2.05) is 30.3 Å². The molecule has 1 fully saturated rings. The molecule has 164 valence electrons. The summed E-state index contributed by atoms with van der Waals surface area (Å²) in [6.07, 6.45) is 4.27. The predicted molar refractivity (Wildman–Crippen MR) is 134 cm³/mol. The molecule has 1 atom stereocenters. The van der Waals surface area contributed by atoms with Gasteiger partial charge < -0.3 is 20.3 Å². The monoisotopic (exact) mass is 533 g/mol. The number of hydrogen-bond donors (Lipinski definition) is 2. The zero-order chi connectivity index (χ0) is 20.8. The topological polar surface area (TPSA) is 79.6 Å². The van der Waals surface area contributed by atoms with Crippen molar-refractivity contribution in [3.63, 3.8) is 0 Å². The number of guanidine groups is 1. The van der Waals surface area contributed by atoms with E-state index in [1.165, 1.54) is 11.9 Å². The molecule has 0 radical (unpaired) electrons. The fourth-order valence-electron chi connectivity index (χ4n) is 3.67. The van der Waals surface area contributed by atoms with Crippen molar-refractivity contribution >= 4 is 35.6 Å². The largest absolute Gasteiger partial charge is 0.495 e. The number of aromatic nitrogens is 3. The van der Waals surface area contributed by atoms with Crippen molar-refractivity contribution in [3.05, 3.63) is 66.7 Å². The Balaban J connectivity index is 0.00000272. The third-order valence-corrected chi connectivity index (χ3v) is 5.26. The molecular weight excluding hydrogens is 505 g/mol. The van der Waals surface area contributed by atoms with Crippen LogP contribution >= 0.6 is 24.0 Å². The summed E-state index contributed by atoms with van der Waals surface area (Å²) in [5, 5.41) is 11.1. The number of hydrogen-bond acceptors (Lipinski definition) is 5. The Labute approximate surface area is 199 Å². The fraction of sp³-hybridized carbons (Fsp3) is 0.318. The quantitative estimate of drug-likeness (QED) is 0.288. The fourth-order valence-corrected chi connectivity index (χ4v) is 3.67. The summed E-state index contributed by atoms with van der Waals surface area (Å²) >= 11 is 0. The van der Waals surface area contributed by atoms with Gasteiger partial charge in [0.15, 0.2) is 5.96 Å². The number of aliphatic imine (C=N–C) groups is 1. The number of ether oxygens (including phenoxy) is 1. The Morgan fingerprint density at radius 1 is 1.19 bits per heavy atom. The van der Waals surface area contributed by atoms with Gasteiger partial charge in [0.25, 0.3) is 0 Å². The van der Waals surface area contributed by atoms with Crippen LogP contribution in [-0.2, 0) is 6.54 Å². The molecule has 1 unspecified atom stereocenters. The number of nitrogens with zero attached hydrogens (tertiary/aromatic N) is 5. The van der Waals surface area contributed by atoms with Gasteiger partial charge in [0.2, 0.25) is 0 Å². The van der Waals surface area contributed by atoms with Crippen LogP contribution in [0.25, 0.3) is 5.69 Å². The van der Waals surface area contributed by atoms with Crippen molar-refractivity contribution < 1.29 is 4.74 Å². The van der Waals surface area contributed by atoms with Crippen LogP contribution in [0.3, 0.4) is 0 Å². The van der Waals surface area contributed by atoms with Crippen molar-refractivity contribution in [2.75, 3.05) is 32.1 Å². The number of methoxy groups -OCH3 is 1. The smallest absolute Gasteiger partial charge is 0.191 e. The van der Waals surface area contributed by atoms with Crippen molar-refractivity contribution in [3.8, 4) is 11.4 Å². The summed E-state index contributed by atoms with van der Waals surface area (Å²) in [7, 11) is 3.52. The first kappa shape index (κ1) is 22.9. The van der Waals surface area contributed by atoms with Crippen LogP contribution in [0, 0.1) is 0 Å². The van der Waals surface area contributed by atoms with Crippen molar-refractivity contribution in [2.45, 2.75) is 19.0 Å². The number of para-hydroxylation sites is 2. The molecule has 0 saturated carbocycles. The predicted octanol–water partition coefficient (Wildman–Crippen LogP) is 2.84. The van der Waals surface area contributed by atoms with Crippen molar-refractivity contribution in [1.29, 1.82) is 0 Å². The van der Waals surface area contributed by atoms with Crippen LogP contribution in [0.1, 0.15) is 12.0 Å². The van der Waals surface area contributed by atoms with E-state index in [1.54, 1.807) is 25.2 Å². The second-order valence-electron chi connectivity index (χ2n) is 7.18. The van der Waals surface area contributed by atoms with Crippen LogP contribution in [0.4, 0.5) is 5.69 Å². The van der Waals surface area contributed by atoms with Crippen LogP contribution < -0.4 is 20.3 Å². The molecule has 1 aliphatic rings.